The predicted octanol–water partition coefficient (Wildman–Crippen LogP) is 0.298. The first-order chi connectivity index (χ1) is 7.50. The second-order valence-corrected chi connectivity index (χ2v) is 5.25. The van der Waals surface area contributed by atoms with Gasteiger partial charge >= 0.3 is 0 Å². The monoisotopic (exact) mass is 227 g/mol. The van der Waals surface area contributed by atoms with Crippen molar-refractivity contribution < 1.29 is 4.79 Å². The standard InChI is InChI=1S/C12H25N3O/c1-9-5-11(8-13-6-9)12(16)14-7-10(2)15(3)4/h9-11,13H,5-8H2,1-4H3,(H,14,16). The molecule has 1 amide bonds. The van der Waals surface area contributed by atoms with E-state index < -0.39 is 0 Å². The van der Waals surface area contributed by atoms with Gasteiger partial charge < -0.3 is 15.5 Å². The summed E-state index contributed by atoms with van der Waals surface area (Å²) in [5.41, 5.74) is 0. The third kappa shape index (κ3) is 4.10. The van der Waals surface area contributed by atoms with Gasteiger partial charge in [-0.2, -0.15) is 0 Å². The van der Waals surface area contributed by atoms with Crippen LogP contribution in [0.3, 0.4) is 0 Å². The van der Waals surface area contributed by atoms with Gasteiger partial charge in [-0.3, -0.25) is 4.79 Å². The zero-order valence-corrected chi connectivity index (χ0v) is 10.9. The molecule has 1 fully saturated rings. The fourth-order valence-electron chi connectivity index (χ4n) is 1.93. The normalized spacial score (nSPS) is 27.8. The number of hydrogen-bond acceptors (Lipinski definition) is 3. The molecular formula is C12H25N3O. The Morgan fingerprint density at radius 3 is 2.75 bits per heavy atom. The van der Waals surface area contributed by atoms with Crippen molar-refractivity contribution in [1.82, 2.24) is 15.5 Å². The van der Waals surface area contributed by atoms with Crippen molar-refractivity contribution in [2.24, 2.45) is 11.8 Å². The van der Waals surface area contributed by atoms with Gasteiger partial charge in [0.2, 0.25) is 5.91 Å². The van der Waals surface area contributed by atoms with Crippen LogP contribution in [-0.4, -0.2) is 50.6 Å². The number of carbonyl (C=O) groups is 1. The van der Waals surface area contributed by atoms with Gasteiger partial charge in [-0.15, -0.1) is 0 Å². The average Bonchev–Trinajstić information content (AvgIpc) is 2.25. The Hall–Kier alpha value is -0.610. The quantitative estimate of drug-likeness (QED) is 0.726. The van der Waals surface area contributed by atoms with Gasteiger partial charge in [-0.05, 0) is 39.9 Å². The molecular weight excluding hydrogens is 202 g/mol. The summed E-state index contributed by atoms with van der Waals surface area (Å²) in [5.74, 6) is 0.960. The fourth-order valence-corrected chi connectivity index (χ4v) is 1.93. The summed E-state index contributed by atoms with van der Waals surface area (Å²) >= 11 is 0. The van der Waals surface area contributed by atoms with E-state index in [2.05, 4.69) is 29.4 Å². The molecule has 0 aliphatic carbocycles. The van der Waals surface area contributed by atoms with Gasteiger partial charge in [-0.1, -0.05) is 6.92 Å². The Morgan fingerprint density at radius 1 is 1.50 bits per heavy atom. The van der Waals surface area contributed by atoms with Crippen molar-refractivity contribution >= 4 is 5.91 Å². The van der Waals surface area contributed by atoms with E-state index in [0.717, 1.165) is 26.1 Å². The van der Waals surface area contributed by atoms with Crippen LogP contribution in [0.4, 0.5) is 0 Å². The van der Waals surface area contributed by atoms with Crippen LogP contribution in [-0.2, 0) is 4.79 Å². The number of piperidine rings is 1. The molecule has 1 rings (SSSR count). The van der Waals surface area contributed by atoms with Crippen molar-refractivity contribution in [2.45, 2.75) is 26.3 Å². The van der Waals surface area contributed by atoms with E-state index >= 15 is 0 Å². The Kier molecular flexibility index (Phi) is 5.22. The molecule has 0 radical (unpaired) electrons. The molecule has 4 heteroatoms. The lowest BCUT2D eigenvalue weighted by atomic mass is 9.91. The van der Waals surface area contributed by atoms with Gasteiger partial charge in [-0.25, -0.2) is 0 Å². The number of carbonyl (C=O) groups excluding carboxylic acids is 1. The maximum atomic E-state index is 11.9. The van der Waals surface area contributed by atoms with Crippen LogP contribution in [0.2, 0.25) is 0 Å². The maximum absolute atomic E-state index is 11.9. The second kappa shape index (κ2) is 6.21. The Labute approximate surface area is 98.8 Å². The molecule has 3 atom stereocenters. The molecule has 1 heterocycles. The Bertz CT molecular complexity index is 230. The molecule has 1 aliphatic heterocycles. The number of amides is 1. The lowest BCUT2D eigenvalue weighted by molar-refractivity contribution is -0.126. The smallest absolute Gasteiger partial charge is 0.224 e. The van der Waals surface area contributed by atoms with E-state index in [1.165, 1.54) is 0 Å². The predicted molar refractivity (Wildman–Crippen MR) is 66.3 cm³/mol. The van der Waals surface area contributed by atoms with Gasteiger partial charge in [0.05, 0.1) is 5.92 Å². The Balaban J connectivity index is 2.29. The third-order valence-electron chi connectivity index (χ3n) is 3.39. The molecule has 94 valence electrons. The molecule has 0 aromatic heterocycles. The molecule has 16 heavy (non-hydrogen) atoms. The molecule has 0 spiro atoms. The number of hydrogen-bond donors (Lipinski definition) is 2. The van der Waals surface area contributed by atoms with Crippen LogP contribution in [0, 0.1) is 11.8 Å². The first kappa shape index (κ1) is 13.5. The lowest BCUT2D eigenvalue weighted by Crippen LogP contribution is -2.46. The summed E-state index contributed by atoms with van der Waals surface area (Å²) in [7, 11) is 4.06. The summed E-state index contributed by atoms with van der Waals surface area (Å²) in [5, 5.41) is 6.34. The highest BCUT2D eigenvalue weighted by Crippen LogP contribution is 2.15. The minimum absolute atomic E-state index is 0.151. The average molecular weight is 227 g/mol. The molecule has 1 aliphatic rings. The number of likely N-dealkylation sites (N-methyl/N-ethyl adjacent to an activating group) is 1. The lowest BCUT2D eigenvalue weighted by Gasteiger charge is -2.28. The van der Waals surface area contributed by atoms with Crippen LogP contribution < -0.4 is 10.6 Å². The van der Waals surface area contributed by atoms with Crippen LogP contribution in [0.1, 0.15) is 20.3 Å². The Morgan fingerprint density at radius 2 is 2.19 bits per heavy atom. The highest BCUT2D eigenvalue weighted by molar-refractivity contribution is 5.79. The van der Waals surface area contributed by atoms with Gasteiger partial charge in [0.1, 0.15) is 0 Å². The minimum atomic E-state index is 0.151. The van der Waals surface area contributed by atoms with E-state index in [1.807, 2.05) is 14.1 Å². The largest absolute Gasteiger partial charge is 0.354 e. The SMILES string of the molecule is CC1CNCC(C(=O)NCC(C)N(C)C)C1. The van der Waals surface area contributed by atoms with Crippen molar-refractivity contribution in [3.8, 4) is 0 Å². The van der Waals surface area contributed by atoms with E-state index in [1.54, 1.807) is 0 Å². The molecule has 4 nitrogen and oxygen atoms in total. The van der Waals surface area contributed by atoms with Crippen molar-refractivity contribution in [3.05, 3.63) is 0 Å². The van der Waals surface area contributed by atoms with E-state index in [0.29, 0.717) is 12.0 Å². The maximum Gasteiger partial charge on any atom is 0.224 e. The molecule has 0 saturated carbocycles. The van der Waals surface area contributed by atoms with Crippen molar-refractivity contribution in [3.63, 3.8) is 0 Å². The highest BCUT2D eigenvalue weighted by Gasteiger charge is 2.24. The second-order valence-electron chi connectivity index (χ2n) is 5.25. The van der Waals surface area contributed by atoms with Gasteiger partial charge in [0.15, 0.2) is 0 Å². The number of rotatable bonds is 4. The zero-order valence-electron chi connectivity index (χ0n) is 10.9. The summed E-state index contributed by atoms with van der Waals surface area (Å²) in [4.78, 5) is 14.0. The first-order valence-corrected chi connectivity index (χ1v) is 6.15. The summed E-state index contributed by atoms with van der Waals surface area (Å²) in [6.45, 7) is 6.90. The molecule has 1 saturated heterocycles. The van der Waals surface area contributed by atoms with Crippen LogP contribution in [0.25, 0.3) is 0 Å². The topological polar surface area (TPSA) is 44.4 Å². The molecule has 3 unspecified atom stereocenters. The highest BCUT2D eigenvalue weighted by atomic mass is 16.1. The van der Waals surface area contributed by atoms with Gasteiger partial charge in [0.25, 0.3) is 0 Å². The van der Waals surface area contributed by atoms with Gasteiger partial charge in [0, 0.05) is 19.1 Å². The molecule has 0 bridgehead atoms. The number of nitrogens with one attached hydrogen (secondary N) is 2. The third-order valence-corrected chi connectivity index (χ3v) is 3.39. The fraction of sp³-hybridized carbons (Fsp3) is 0.917. The molecule has 2 N–H and O–H groups in total. The van der Waals surface area contributed by atoms with E-state index in [4.69, 9.17) is 0 Å². The van der Waals surface area contributed by atoms with E-state index in [-0.39, 0.29) is 11.8 Å². The molecule has 0 aromatic carbocycles. The van der Waals surface area contributed by atoms with Crippen LogP contribution >= 0.6 is 0 Å². The first-order valence-electron chi connectivity index (χ1n) is 6.15. The summed E-state index contributed by atoms with van der Waals surface area (Å²) in [6.07, 6.45) is 1.01. The summed E-state index contributed by atoms with van der Waals surface area (Å²) < 4.78 is 0. The van der Waals surface area contributed by atoms with E-state index in [9.17, 15) is 4.79 Å². The van der Waals surface area contributed by atoms with Crippen molar-refractivity contribution in [1.29, 1.82) is 0 Å². The zero-order chi connectivity index (χ0) is 12.1. The van der Waals surface area contributed by atoms with Crippen LogP contribution in [0.5, 0.6) is 0 Å². The van der Waals surface area contributed by atoms with Crippen LogP contribution in [0.15, 0.2) is 0 Å². The van der Waals surface area contributed by atoms with Crippen molar-refractivity contribution in [2.75, 3.05) is 33.7 Å². The minimum Gasteiger partial charge on any atom is -0.354 e. The summed E-state index contributed by atoms with van der Waals surface area (Å²) in [6, 6.07) is 0.387. The number of nitrogens with zero attached hydrogens (tertiary/aromatic N) is 1. The molecule has 0 aromatic rings.